The van der Waals surface area contributed by atoms with E-state index in [4.69, 9.17) is 5.11 Å². The van der Waals surface area contributed by atoms with Crippen LogP contribution in [0.25, 0.3) is 0 Å². The zero-order chi connectivity index (χ0) is 14.6. The molecule has 1 rings (SSSR count). The summed E-state index contributed by atoms with van der Waals surface area (Å²) in [6.45, 7) is 2.29. The van der Waals surface area contributed by atoms with Crippen molar-refractivity contribution in [2.75, 3.05) is 13.3 Å². The number of rotatable bonds is 6. The third kappa shape index (κ3) is 4.33. The fraction of sp³-hybridized carbons (Fsp3) is 0.462. The van der Waals surface area contributed by atoms with Crippen molar-refractivity contribution >= 4 is 15.8 Å². The van der Waals surface area contributed by atoms with Gasteiger partial charge in [-0.25, -0.2) is 8.42 Å². The van der Waals surface area contributed by atoms with Gasteiger partial charge >= 0.3 is 5.97 Å². The zero-order valence-electron chi connectivity index (χ0n) is 11.3. The molecule has 6 heteroatoms. The standard InChI is InChI=1S/C13H19NO4S/c1-4-12(13(15)16)14(2)9-10-5-7-11(8-6-10)19(3,17)18/h5-8,12H,4,9H2,1-3H3,(H,15,16)/t12-/m0/s1. The van der Waals surface area contributed by atoms with Crippen molar-refractivity contribution in [2.45, 2.75) is 30.8 Å². The van der Waals surface area contributed by atoms with Gasteiger partial charge in [0.2, 0.25) is 0 Å². The number of carboxylic acid groups (broad SMARTS) is 1. The van der Waals surface area contributed by atoms with E-state index in [1.54, 1.807) is 36.2 Å². The Morgan fingerprint density at radius 2 is 1.84 bits per heavy atom. The van der Waals surface area contributed by atoms with Crippen molar-refractivity contribution in [3.05, 3.63) is 29.8 Å². The van der Waals surface area contributed by atoms with Crippen LogP contribution in [0.3, 0.4) is 0 Å². The predicted molar refractivity (Wildman–Crippen MR) is 72.7 cm³/mol. The molecule has 0 amide bonds. The summed E-state index contributed by atoms with van der Waals surface area (Å²) in [4.78, 5) is 13.0. The lowest BCUT2D eigenvalue weighted by Gasteiger charge is -2.23. The molecule has 5 nitrogen and oxygen atoms in total. The molecule has 0 saturated heterocycles. The molecule has 1 atom stereocenters. The van der Waals surface area contributed by atoms with E-state index in [1.807, 2.05) is 6.92 Å². The van der Waals surface area contributed by atoms with Gasteiger partial charge in [-0.05, 0) is 31.2 Å². The SMILES string of the molecule is CC[C@@H](C(=O)O)N(C)Cc1ccc(S(C)(=O)=O)cc1. The number of likely N-dealkylation sites (N-methyl/N-ethyl adjacent to an activating group) is 1. The summed E-state index contributed by atoms with van der Waals surface area (Å²) in [6, 6.07) is 5.97. The van der Waals surface area contributed by atoms with Gasteiger partial charge in [-0.3, -0.25) is 9.69 Å². The number of hydrogen-bond acceptors (Lipinski definition) is 4. The lowest BCUT2D eigenvalue weighted by atomic mass is 10.1. The maximum atomic E-state index is 11.3. The van der Waals surface area contributed by atoms with Crippen molar-refractivity contribution in [3.8, 4) is 0 Å². The van der Waals surface area contributed by atoms with Crippen molar-refractivity contribution < 1.29 is 18.3 Å². The minimum absolute atomic E-state index is 0.268. The van der Waals surface area contributed by atoms with Gasteiger partial charge in [0.25, 0.3) is 0 Å². The Balaban J connectivity index is 2.81. The van der Waals surface area contributed by atoms with E-state index in [0.717, 1.165) is 11.8 Å². The van der Waals surface area contributed by atoms with Gasteiger partial charge in [0.15, 0.2) is 9.84 Å². The van der Waals surface area contributed by atoms with Crippen LogP contribution in [0, 0.1) is 0 Å². The highest BCUT2D eigenvalue weighted by molar-refractivity contribution is 7.90. The Labute approximate surface area is 113 Å². The number of hydrogen-bond donors (Lipinski definition) is 1. The molecule has 106 valence electrons. The van der Waals surface area contributed by atoms with Crippen LogP contribution in [-0.4, -0.2) is 43.7 Å². The molecule has 19 heavy (non-hydrogen) atoms. The number of benzene rings is 1. The van der Waals surface area contributed by atoms with Crippen LogP contribution in [0.1, 0.15) is 18.9 Å². The van der Waals surface area contributed by atoms with Crippen molar-refractivity contribution in [1.29, 1.82) is 0 Å². The summed E-state index contributed by atoms with van der Waals surface area (Å²) in [6.07, 6.45) is 1.68. The summed E-state index contributed by atoms with van der Waals surface area (Å²) in [7, 11) is -1.45. The first-order valence-corrected chi connectivity index (χ1v) is 7.87. The molecular formula is C13H19NO4S. The smallest absolute Gasteiger partial charge is 0.320 e. The lowest BCUT2D eigenvalue weighted by molar-refractivity contribution is -0.143. The first kappa shape index (κ1) is 15.7. The topological polar surface area (TPSA) is 74.7 Å². The Hall–Kier alpha value is -1.40. The van der Waals surface area contributed by atoms with Crippen LogP contribution in [0.2, 0.25) is 0 Å². The number of sulfone groups is 1. The monoisotopic (exact) mass is 285 g/mol. The van der Waals surface area contributed by atoms with E-state index >= 15 is 0 Å². The molecule has 0 spiro atoms. The Kier molecular flexibility index (Phi) is 5.08. The fourth-order valence-electron chi connectivity index (χ4n) is 1.92. The lowest BCUT2D eigenvalue weighted by Crippen LogP contribution is -2.37. The fourth-order valence-corrected chi connectivity index (χ4v) is 2.55. The van der Waals surface area contributed by atoms with Crippen LogP contribution >= 0.6 is 0 Å². The Morgan fingerprint density at radius 3 is 2.21 bits per heavy atom. The third-order valence-corrected chi connectivity index (χ3v) is 4.12. The van der Waals surface area contributed by atoms with Crippen molar-refractivity contribution in [1.82, 2.24) is 4.90 Å². The molecule has 0 fully saturated rings. The van der Waals surface area contributed by atoms with Crippen molar-refractivity contribution in [3.63, 3.8) is 0 Å². The molecule has 0 radical (unpaired) electrons. The minimum atomic E-state index is -3.19. The van der Waals surface area contributed by atoms with Crippen LogP contribution in [0.5, 0.6) is 0 Å². The summed E-state index contributed by atoms with van der Waals surface area (Å²) in [5, 5.41) is 9.05. The largest absolute Gasteiger partial charge is 0.480 e. The summed E-state index contributed by atoms with van der Waals surface area (Å²) < 4.78 is 22.6. The van der Waals surface area contributed by atoms with Gasteiger partial charge in [-0.1, -0.05) is 19.1 Å². The van der Waals surface area contributed by atoms with E-state index in [0.29, 0.717) is 13.0 Å². The molecule has 1 aromatic carbocycles. The average molecular weight is 285 g/mol. The van der Waals surface area contributed by atoms with Crippen LogP contribution < -0.4 is 0 Å². The second-order valence-corrected chi connectivity index (χ2v) is 6.61. The van der Waals surface area contributed by atoms with Gasteiger partial charge in [0.1, 0.15) is 6.04 Å². The maximum Gasteiger partial charge on any atom is 0.320 e. The molecule has 0 aliphatic carbocycles. The van der Waals surface area contributed by atoms with E-state index in [1.165, 1.54) is 0 Å². The van der Waals surface area contributed by atoms with Crippen LogP contribution in [0.4, 0.5) is 0 Å². The molecule has 0 aromatic heterocycles. The average Bonchev–Trinajstić information content (AvgIpc) is 2.28. The number of nitrogens with zero attached hydrogens (tertiary/aromatic N) is 1. The Morgan fingerprint density at radius 1 is 1.32 bits per heavy atom. The highest BCUT2D eigenvalue weighted by atomic mass is 32.2. The summed E-state index contributed by atoms with van der Waals surface area (Å²) >= 11 is 0. The molecule has 0 unspecified atom stereocenters. The van der Waals surface area contributed by atoms with Gasteiger partial charge in [-0.15, -0.1) is 0 Å². The summed E-state index contributed by atoms with van der Waals surface area (Å²) in [5.74, 6) is -0.849. The van der Waals surface area contributed by atoms with Gasteiger partial charge in [0, 0.05) is 12.8 Å². The van der Waals surface area contributed by atoms with E-state index in [-0.39, 0.29) is 4.90 Å². The Bertz CT molecular complexity index is 536. The third-order valence-electron chi connectivity index (χ3n) is 2.99. The van der Waals surface area contributed by atoms with E-state index in [2.05, 4.69) is 0 Å². The second-order valence-electron chi connectivity index (χ2n) is 4.59. The minimum Gasteiger partial charge on any atom is -0.480 e. The summed E-state index contributed by atoms with van der Waals surface area (Å²) in [5.41, 5.74) is 0.884. The highest BCUT2D eigenvalue weighted by Crippen LogP contribution is 2.13. The van der Waals surface area contributed by atoms with Gasteiger partial charge in [-0.2, -0.15) is 0 Å². The van der Waals surface area contributed by atoms with Crippen LogP contribution in [-0.2, 0) is 21.2 Å². The number of carbonyl (C=O) groups is 1. The zero-order valence-corrected chi connectivity index (χ0v) is 12.1. The van der Waals surface area contributed by atoms with Crippen LogP contribution in [0.15, 0.2) is 29.2 Å². The second kappa shape index (κ2) is 6.16. The van der Waals surface area contributed by atoms with E-state index in [9.17, 15) is 13.2 Å². The first-order valence-electron chi connectivity index (χ1n) is 5.97. The first-order chi connectivity index (χ1) is 8.75. The molecule has 0 heterocycles. The maximum absolute atomic E-state index is 11.3. The molecule has 0 aliphatic heterocycles. The molecule has 1 aromatic rings. The molecule has 0 saturated carbocycles. The van der Waals surface area contributed by atoms with Gasteiger partial charge < -0.3 is 5.11 Å². The van der Waals surface area contributed by atoms with E-state index < -0.39 is 21.8 Å². The normalized spacial score (nSPS) is 13.5. The van der Waals surface area contributed by atoms with Crippen molar-refractivity contribution in [2.24, 2.45) is 0 Å². The number of aliphatic carboxylic acids is 1. The quantitative estimate of drug-likeness (QED) is 0.854. The predicted octanol–water partition coefficient (Wildman–Crippen LogP) is 1.39. The molecule has 0 bridgehead atoms. The number of carboxylic acids is 1. The highest BCUT2D eigenvalue weighted by Gasteiger charge is 2.20. The van der Waals surface area contributed by atoms with Gasteiger partial charge in [0.05, 0.1) is 4.90 Å². The molecule has 1 N–H and O–H groups in total. The molecule has 0 aliphatic rings. The molecular weight excluding hydrogens is 266 g/mol.